The molecule has 0 aliphatic rings. The highest BCUT2D eigenvalue weighted by Crippen LogP contribution is 2.07. The Morgan fingerprint density at radius 2 is 0.857 bits per heavy atom. The predicted molar refractivity (Wildman–Crippen MR) is 35.2 cm³/mol. The minimum Gasteiger partial charge on any atom is -0.333 e. The predicted octanol–water partition coefficient (Wildman–Crippen LogP) is 1.63. The molecule has 1 nitrogen and oxygen atoms in total. The maximum Gasteiger partial charge on any atom is -0.0195 e. The number of nitrogens with two attached hydrogens (primary N) is 1. The van der Waals surface area contributed by atoms with E-state index in [1.54, 1.807) is 0 Å². The fourth-order valence-corrected chi connectivity index (χ4v) is 0. The third-order valence-electron chi connectivity index (χ3n) is 0. The van der Waals surface area contributed by atoms with E-state index in [1.165, 1.54) is 7.05 Å². The van der Waals surface area contributed by atoms with Gasteiger partial charge < -0.3 is 5.73 Å². The van der Waals surface area contributed by atoms with E-state index in [0.717, 1.165) is 0 Å². The summed E-state index contributed by atoms with van der Waals surface area (Å²) in [7, 11) is 1.50. The smallest absolute Gasteiger partial charge is 0.0195 e. The molecular weight excluding hydrogens is 86.1 g/mol. The van der Waals surface area contributed by atoms with Crippen LogP contribution in [0.25, 0.3) is 0 Å². The van der Waals surface area contributed by atoms with E-state index >= 15 is 0 Å². The first-order valence-corrected chi connectivity index (χ1v) is 2.58. The lowest BCUT2D eigenvalue weighted by atomic mass is 10.0. The van der Waals surface area contributed by atoms with E-state index in [-0.39, 0.29) is 0 Å². The van der Waals surface area contributed by atoms with Gasteiger partial charge in [-0.3, -0.25) is 0 Å². The van der Waals surface area contributed by atoms with Crippen LogP contribution in [0.15, 0.2) is 0 Å². The summed E-state index contributed by atoms with van der Waals surface area (Å²) in [6.45, 7) is 8.75. The Morgan fingerprint density at radius 1 is 0.857 bits per heavy atom. The van der Waals surface area contributed by atoms with Gasteiger partial charge in [0.1, 0.15) is 0 Å². The van der Waals surface area contributed by atoms with Gasteiger partial charge in [-0.05, 0) is 12.5 Å². The molecule has 46 valence electrons. The van der Waals surface area contributed by atoms with E-state index in [0.29, 0.717) is 5.41 Å². The summed E-state index contributed by atoms with van der Waals surface area (Å²) in [6.07, 6.45) is 0. The molecule has 0 aromatic carbocycles. The molecule has 0 aliphatic heterocycles. The second-order valence-electron chi connectivity index (χ2n) is 3.00. The SMILES string of the molecule is CC(C)(C)C.CN. The lowest BCUT2D eigenvalue weighted by Crippen LogP contribution is -1.93. The van der Waals surface area contributed by atoms with Gasteiger partial charge >= 0.3 is 0 Å². The summed E-state index contributed by atoms with van der Waals surface area (Å²) in [6, 6.07) is 0. The third-order valence-corrected chi connectivity index (χ3v) is 0. The summed E-state index contributed by atoms with van der Waals surface area (Å²) < 4.78 is 0. The monoisotopic (exact) mass is 103 g/mol. The fourth-order valence-electron chi connectivity index (χ4n) is 0. The van der Waals surface area contributed by atoms with Gasteiger partial charge in [0.05, 0.1) is 0 Å². The molecule has 0 amide bonds. The molecular formula is C6H17N. The Morgan fingerprint density at radius 3 is 0.857 bits per heavy atom. The minimum absolute atomic E-state index is 0.500. The first-order valence-electron chi connectivity index (χ1n) is 2.58. The third kappa shape index (κ3) is 58400. The average Bonchev–Trinajstić information content (AvgIpc) is 1.36. The van der Waals surface area contributed by atoms with Crippen molar-refractivity contribution in [3.8, 4) is 0 Å². The normalized spacial score (nSPS) is 9.43. The zero-order valence-corrected chi connectivity index (χ0v) is 6.08. The summed E-state index contributed by atoms with van der Waals surface area (Å²) in [5.74, 6) is 0. The Bertz CT molecular complexity index is 19.7. The molecule has 7 heavy (non-hydrogen) atoms. The van der Waals surface area contributed by atoms with E-state index in [4.69, 9.17) is 0 Å². The highest BCUT2D eigenvalue weighted by Gasteiger charge is 1.95. The number of hydrogen-bond acceptors (Lipinski definition) is 1. The van der Waals surface area contributed by atoms with Crippen LogP contribution >= 0.6 is 0 Å². The summed E-state index contributed by atoms with van der Waals surface area (Å²) >= 11 is 0. The number of rotatable bonds is 0. The van der Waals surface area contributed by atoms with E-state index in [2.05, 4.69) is 33.4 Å². The van der Waals surface area contributed by atoms with Crippen LogP contribution in [-0.2, 0) is 0 Å². The largest absolute Gasteiger partial charge is 0.333 e. The van der Waals surface area contributed by atoms with E-state index in [1.807, 2.05) is 0 Å². The van der Waals surface area contributed by atoms with Gasteiger partial charge in [-0.2, -0.15) is 0 Å². The van der Waals surface area contributed by atoms with Crippen LogP contribution in [0.1, 0.15) is 27.7 Å². The van der Waals surface area contributed by atoms with Crippen molar-refractivity contribution in [2.75, 3.05) is 7.05 Å². The molecule has 0 spiro atoms. The zero-order valence-electron chi connectivity index (χ0n) is 6.08. The van der Waals surface area contributed by atoms with E-state index < -0.39 is 0 Å². The van der Waals surface area contributed by atoms with Crippen molar-refractivity contribution in [1.29, 1.82) is 0 Å². The minimum atomic E-state index is 0.500. The van der Waals surface area contributed by atoms with Gasteiger partial charge in [-0.1, -0.05) is 27.7 Å². The van der Waals surface area contributed by atoms with Gasteiger partial charge in [-0.25, -0.2) is 0 Å². The Kier molecular flexibility index (Phi) is 5.93. The van der Waals surface area contributed by atoms with Gasteiger partial charge in [0.2, 0.25) is 0 Å². The topological polar surface area (TPSA) is 26.0 Å². The second kappa shape index (κ2) is 4.13. The fraction of sp³-hybridized carbons (Fsp3) is 1.00. The summed E-state index contributed by atoms with van der Waals surface area (Å²) in [5, 5.41) is 0. The van der Waals surface area contributed by atoms with Crippen LogP contribution in [0.4, 0.5) is 0 Å². The van der Waals surface area contributed by atoms with Crippen molar-refractivity contribution in [2.24, 2.45) is 11.1 Å². The van der Waals surface area contributed by atoms with Crippen molar-refractivity contribution < 1.29 is 0 Å². The summed E-state index contributed by atoms with van der Waals surface area (Å²) in [4.78, 5) is 0. The Hall–Kier alpha value is -0.0400. The first kappa shape index (κ1) is 10.0. The van der Waals surface area contributed by atoms with Crippen molar-refractivity contribution in [3.63, 3.8) is 0 Å². The highest BCUT2D eigenvalue weighted by atomic mass is 14.4. The maximum atomic E-state index is 4.50. The molecule has 0 radical (unpaired) electrons. The lowest BCUT2D eigenvalue weighted by molar-refractivity contribution is 0.469. The first-order chi connectivity index (χ1) is 3.00. The second-order valence-corrected chi connectivity index (χ2v) is 3.00. The van der Waals surface area contributed by atoms with Crippen LogP contribution in [-0.4, -0.2) is 7.05 Å². The Balaban J connectivity index is 0. The zero-order chi connectivity index (χ0) is 6.50. The molecule has 1 heteroatoms. The maximum absolute atomic E-state index is 4.50. The molecule has 0 heterocycles. The molecule has 0 saturated carbocycles. The van der Waals surface area contributed by atoms with Crippen LogP contribution in [0.2, 0.25) is 0 Å². The summed E-state index contributed by atoms with van der Waals surface area (Å²) in [5.41, 5.74) is 5.00. The lowest BCUT2D eigenvalue weighted by Gasteiger charge is -2.05. The molecule has 0 unspecified atom stereocenters. The molecule has 2 N–H and O–H groups in total. The molecule has 0 aliphatic carbocycles. The van der Waals surface area contributed by atoms with Gasteiger partial charge in [0.15, 0.2) is 0 Å². The number of hydrogen-bond donors (Lipinski definition) is 1. The van der Waals surface area contributed by atoms with E-state index in [9.17, 15) is 0 Å². The molecule has 0 aromatic heterocycles. The molecule has 0 rings (SSSR count). The van der Waals surface area contributed by atoms with Crippen molar-refractivity contribution in [3.05, 3.63) is 0 Å². The standard InChI is InChI=1S/C5H12.CH5N/c1-5(2,3)4;1-2/h1-4H3;2H2,1H3. The highest BCUT2D eigenvalue weighted by molar-refractivity contribution is 4.47. The van der Waals surface area contributed by atoms with Crippen LogP contribution < -0.4 is 5.73 Å². The van der Waals surface area contributed by atoms with Crippen LogP contribution in [0.3, 0.4) is 0 Å². The average molecular weight is 103 g/mol. The van der Waals surface area contributed by atoms with Gasteiger partial charge in [0.25, 0.3) is 0 Å². The van der Waals surface area contributed by atoms with Crippen LogP contribution in [0.5, 0.6) is 0 Å². The molecule has 0 atom stereocenters. The molecule has 0 fully saturated rings. The van der Waals surface area contributed by atoms with Crippen LogP contribution in [0, 0.1) is 5.41 Å². The quantitative estimate of drug-likeness (QED) is 0.495. The molecule has 0 bridgehead atoms. The van der Waals surface area contributed by atoms with Crippen molar-refractivity contribution in [1.82, 2.24) is 0 Å². The van der Waals surface area contributed by atoms with Crippen molar-refractivity contribution in [2.45, 2.75) is 27.7 Å². The van der Waals surface area contributed by atoms with Crippen molar-refractivity contribution >= 4 is 0 Å². The molecule has 0 saturated heterocycles. The molecule has 0 aromatic rings. The Labute approximate surface area is 46.9 Å². The van der Waals surface area contributed by atoms with Gasteiger partial charge in [0, 0.05) is 0 Å². The van der Waals surface area contributed by atoms with Gasteiger partial charge in [-0.15, -0.1) is 0 Å².